The molecule has 0 atom stereocenters. The minimum Gasteiger partial charge on any atom is -0.497 e. The molecule has 0 saturated carbocycles. The van der Waals surface area contributed by atoms with E-state index in [9.17, 15) is 0 Å². The molecule has 0 radical (unpaired) electrons. The van der Waals surface area contributed by atoms with Crippen molar-refractivity contribution in [2.24, 2.45) is 9.98 Å². The summed E-state index contributed by atoms with van der Waals surface area (Å²) in [5, 5.41) is 0. The first-order valence-corrected chi connectivity index (χ1v) is 8.95. The summed E-state index contributed by atoms with van der Waals surface area (Å²) in [6, 6.07) is 21.1. The van der Waals surface area contributed by atoms with Crippen LogP contribution in [0.15, 0.2) is 76.7 Å². The van der Waals surface area contributed by atoms with Crippen LogP contribution in [0.5, 0.6) is 11.5 Å². The topological polar surface area (TPSA) is 56.1 Å². The van der Waals surface area contributed by atoms with E-state index in [1.807, 2.05) is 80.6 Å². The quantitative estimate of drug-likeness (QED) is 0.545. The lowest BCUT2D eigenvalue weighted by atomic mass is 10.2. The molecule has 0 aliphatic carbocycles. The summed E-state index contributed by atoms with van der Waals surface area (Å²) in [6.07, 6.45) is 0. The van der Waals surface area contributed by atoms with Crippen molar-refractivity contribution in [1.82, 2.24) is 4.98 Å². The van der Waals surface area contributed by atoms with Gasteiger partial charge in [0.2, 0.25) is 0 Å². The minimum absolute atomic E-state index is 0.807. The highest BCUT2D eigenvalue weighted by atomic mass is 16.5. The zero-order valence-electron chi connectivity index (χ0n) is 16.5. The first-order chi connectivity index (χ1) is 13.6. The van der Waals surface area contributed by atoms with Gasteiger partial charge >= 0.3 is 0 Å². The molecule has 0 saturated heterocycles. The molecule has 3 rings (SSSR count). The predicted molar refractivity (Wildman–Crippen MR) is 114 cm³/mol. The van der Waals surface area contributed by atoms with Crippen LogP contribution in [-0.4, -0.2) is 30.6 Å². The van der Waals surface area contributed by atoms with E-state index >= 15 is 0 Å². The van der Waals surface area contributed by atoms with Crippen LogP contribution in [0.3, 0.4) is 0 Å². The second-order valence-electron chi connectivity index (χ2n) is 6.20. The van der Waals surface area contributed by atoms with Gasteiger partial charge in [-0.1, -0.05) is 6.07 Å². The number of nitrogens with zero attached hydrogens (tertiary/aromatic N) is 3. The van der Waals surface area contributed by atoms with E-state index in [0.717, 1.165) is 45.7 Å². The molecule has 28 heavy (non-hydrogen) atoms. The number of pyridine rings is 1. The van der Waals surface area contributed by atoms with Crippen LogP contribution in [0.2, 0.25) is 0 Å². The smallest absolute Gasteiger partial charge is 0.119 e. The van der Waals surface area contributed by atoms with Gasteiger partial charge in [-0.2, -0.15) is 0 Å². The molecule has 0 bridgehead atoms. The molecule has 2 aromatic carbocycles. The lowest BCUT2D eigenvalue weighted by molar-refractivity contribution is 0.415. The Labute approximate surface area is 165 Å². The summed E-state index contributed by atoms with van der Waals surface area (Å²) in [7, 11) is 3.30. The second-order valence-corrected chi connectivity index (χ2v) is 6.20. The molecule has 0 aliphatic heterocycles. The summed E-state index contributed by atoms with van der Waals surface area (Å²) in [6.45, 7) is 3.90. The van der Waals surface area contributed by atoms with Crippen molar-refractivity contribution in [1.29, 1.82) is 0 Å². The molecular weight excluding hydrogens is 350 g/mol. The molecule has 0 N–H and O–H groups in total. The van der Waals surface area contributed by atoms with Gasteiger partial charge in [-0.3, -0.25) is 9.98 Å². The monoisotopic (exact) mass is 373 g/mol. The third kappa shape index (κ3) is 4.82. The molecule has 0 spiro atoms. The third-order valence-electron chi connectivity index (χ3n) is 4.23. The van der Waals surface area contributed by atoms with E-state index in [1.165, 1.54) is 0 Å². The van der Waals surface area contributed by atoms with Crippen molar-refractivity contribution in [3.63, 3.8) is 0 Å². The molecule has 5 heteroatoms. The molecule has 3 aromatic rings. The minimum atomic E-state index is 0.807. The molecular formula is C23H23N3O2. The maximum atomic E-state index is 5.18. The van der Waals surface area contributed by atoms with Crippen molar-refractivity contribution in [2.75, 3.05) is 14.2 Å². The van der Waals surface area contributed by atoms with Crippen LogP contribution in [0.25, 0.3) is 0 Å². The van der Waals surface area contributed by atoms with Crippen molar-refractivity contribution >= 4 is 22.8 Å². The average Bonchev–Trinajstić information content (AvgIpc) is 2.75. The first-order valence-electron chi connectivity index (χ1n) is 8.95. The molecule has 0 fully saturated rings. The summed E-state index contributed by atoms with van der Waals surface area (Å²) in [5.41, 5.74) is 5.02. The van der Waals surface area contributed by atoms with Crippen LogP contribution < -0.4 is 9.47 Å². The molecule has 1 heterocycles. The van der Waals surface area contributed by atoms with Gasteiger partial charge in [0.1, 0.15) is 11.5 Å². The van der Waals surface area contributed by atoms with Gasteiger partial charge in [0.05, 0.1) is 48.4 Å². The predicted octanol–water partition coefficient (Wildman–Crippen LogP) is 5.38. The number of methoxy groups -OCH3 is 2. The molecule has 1 aromatic heterocycles. The zero-order chi connectivity index (χ0) is 19.9. The van der Waals surface area contributed by atoms with Gasteiger partial charge in [0.25, 0.3) is 0 Å². The zero-order valence-corrected chi connectivity index (χ0v) is 16.5. The van der Waals surface area contributed by atoms with Crippen LogP contribution in [0, 0.1) is 0 Å². The fraction of sp³-hybridized carbons (Fsp3) is 0.174. The van der Waals surface area contributed by atoms with Gasteiger partial charge in [0, 0.05) is 0 Å². The average molecular weight is 373 g/mol. The highest BCUT2D eigenvalue weighted by Crippen LogP contribution is 2.20. The number of rotatable bonds is 6. The normalized spacial score (nSPS) is 12.0. The number of hydrogen-bond donors (Lipinski definition) is 0. The van der Waals surface area contributed by atoms with Crippen molar-refractivity contribution in [2.45, 2.75) is 13.8 Å². The maximum Gasteiger partial charge on any atom is 0.119 e. The number of benzene rings is 2. The van der Waals surface area contributed by atoms with Gasteiger partial charge in [-0.25, -0.2) is 4.98 Å². The Hall–Kier alpha value is -3.47. The van der Waals surface area contributed by atoms with Gasteiger partial charge in [-0.15, -0.1) is 0 Å². The SMILES string of the molecule is COc1ccc(N=C(C)c2cccc(C(C)=Nc3ccc(OC)cc3)n2)cc1. The number of aliphatic imine (C=N–C) groups is 2. The molecule has 0 aliphatic rings. The van der Waals surface area contributed by atoms with E-state index in [4.69, 9.17) is 14.5 Å². The Morgan fingerprint density at radius 3 is 1.39 bits per heavy atom. The van der Waals surface area contributed by atoms with Gasteiger partial charge < -0.3 is 9.47 Å². The highest BCUT2D eigenvalue weighted by Gasteiger charge is 2.05. The number of aromatic nitrogens is 1. The van der Waals surface area contributed by atoms with Gasteiger partial charge in [-0.05, 0) is 74.5 Å². The highest BCUT2D eigenvalue weighted by molar-refractivity contribution is 6.02. The van der Waals surface area contributed by atoms with E-state index in [0.29, 0.717) is 0 Å². The fourth-order valence-corrected chi connectivity index (χ4v) is 2.65. The van der Waals surface area contributed by atoms with Crippen LogP contribution in [-0.2, 0) is 0 Å². The number of ether oxygens (including phenoxy) is 2. The fourth-order valence-electron chi connectivity index (χ4n) is 2.65. The number of hydrogen-bond acceptors (Lipinski definition) is 5. The Balaban J connectivity index is 1.83. The molecule has 0 unspecified atom stereocenters. The van der Waals surface area contributed by atoms with Crippen molar-refractivity contribution in [3.8, 4) is 11.5 Å². The third-order valence-corrected chi connectivity index (χ3v) is 4.23. The lowest BCUT2D eigenvalue weighted by Crippen LogP contribution is -2.04. The first kappa shape index (κ1) is 19.3. The molecule has 0 amide bonds. The molecule has 142 valence electrons. The summed E-state index contributed by atoms with van der Waals surface area (Å²) in [5.74, 6) is 1.61. The Morgan fingerprint density at radius 2 is 1.04 bits per heavy atom. The lowest BCUT2D eigenvalue weighted by Gasteiger charge is -2.06. The van der Waals surface area contributed by atoms with Crippen LogP contribution in [0.1, 0.15) is 25.2 Å². The van der Waals surface area contributed by atoms with Crippen LogP contribution >= 0.6 is 0 Å². The summed E-state index contributed by atoms with van der Waals surface area (Å²) in [4.78, 5) is 14.0. The van der Waals surface area contributed by atoms with Crippen molar-refractivity contribution < 1.29 is 9.47 Å². The van der Waals surface area contributed by atoms with Crippen molar-refractivity contribution in [3.05, 3.63) is 78.1 Å². The Morgan fingerprint density at radius 1 is 0.643 bits per heavy atom. The van der Waals surface area contributed by atoms with Crippen LogP contribution in [0.4, 0.5) is 11.4 Å². The standard InChI is InChI=1S/C23H23N3O2/c1-16(24-18-8-12-20(27-3)13-9-18)22-6-5-7-23(26-22)17(2)25-19-10-14-21(28-4)15-11-19/h5-15H,1-4H3. The Kier molecular flexibility index (Phi) is 6.17. The van der Waals surface area contributed by atoms with E-state index in [2.05, 4.69) is 9.98 Å². The van der Waals surface area contributed by atoms with E-state index < -0.39 is 0 Å². The molecule has 5 nitrogen and oxygen atoms in total. The largest absolute Gasteiger partial charge is 0.497 e. The maximum absolute atomic E-state index is 5.18. The van der Waals surface area contributed by atoms with E-state index in [-0.39, 0.29) is 0 Å². The second kappa shape index (κ2) is 8.95. The summed E-state index contributed by atoms with van der Waals surface area (Å²) >= 11 is 0. The van der Waals surface area contributed by atoms with E-state index in [1.54, 1.807) is 14.2 Å². The summed E-state index contributed by atoms with van der Waals surface area (Å²) < 4.78 is 10.4. The van der Waals surface area contributed by atoms with Gasteiger partial charge in [0.15, 0.2) is 0 Å². The Bertz CT molecular complexity index is 912.